The van der Waals surface area contributed by atoms with E-state index in [-0.39, 0.29) is 17.2 Å². The van der Waals surface area contributed by atoms with E-state index < -0.39 is 5.97 Å². The largest absolute Gasteiger partial charge is 0.478 e. The van der Waals surface area contributed by atoms with Crippen LogP contribution in [0.25, 0.3) is 0 Å². The van der Waals surface area contributed by atoms with Crippen molar-refractivity contribution in [3.8, 4) is 0 Å². The van der Waals surface area contributed by atoms with Crippen LogP contribution in [0.5, 0.6) is 0 Å². The van der Waals surface area contributed by atoms with Crippen LogP contribution in [0.2, 0.25) is 0 Å². The van der Waals surface area contributed by atoms with Crippen LogP contribution in [0.3, 0.4) is 0 Å². The molecule has 3 heterocycles. The summed E-state index contributed by atoms with van der Waals surface area (Å²) in [4.78, 5) is 30.0. The SMILES string of the molecule is O=C(O)c1ccnc(C(=O)N2CC3CC4CC(C3)CC2C4)c1. The van der Waals surface area contributed by atoms with E-state index in [0.717, 1.165) is 31.2 Å². The molecule has 0 spiro atoms. The highest BCUT2D eigenvalue weighted by molar-refractivity contribution is 5.96. The Labute approximate surface area is 129 Å². The summed E-state index contributed by atoms with van der Waals surface area (Å²) in [7, 11) is 0. The third kappa shape index (κ3) is 2.28. The van der Waals surface area contributed by atoms with Crippen molar-refractivity contribution in [3.05, 3.63) is 29.6 Å². The number of fused-ring (bicyclic) bond motifs is 1. The van der Waals surface area contributed by atoms with E-state index in [4.69, 9.17) is 5.11 Å². The normalized spacial score (nSPS) is 32.8. The predicted octanol–water partition coefficient (Wildman–Crippen LogP) is 2.43. The Kier molecular flexibility index (Phi) is 3.17. The van der Waals surface area contributed by atoms with Crippen molar-refractivity contribution in [3.63, 3.8) is 0 Å². The lowest BCUT2D eigenvalue weighted by Gasteiger charge is -2.38. The number of carbonyl (C=O) groups is 2. The maximum Gasteiger partial charge on any atom is 0.335 e. The molecule has 1 N–H and O–H groups in total. The average molecular weight is 300 g/mol. The zero-order valence-electron chi connectivity index (χ0n) is 12.4. The topological polar surface area (TPSA) is 70.5 Å². The summed E-state index contributed by atoms with van der Waals surface area (Å²) in [6.45, 7) is 0.815. The molecule has 1 aromatic heterocycles. The minimum absolute atomic E-state index is 0.0960. The van der Waals surface area contributed by atoms with E-state index >= 15 is 0 Å². The van der Waals surface area contributed by atoms with Gasteiger partial charge in [0.15, 0.2) is 0 Å². The summed E-state index contributed by atoms with van der Waals surface area (Å²) in [5.74, 6) is 1.05. The maximum absolute atomic E-state index is 12.9. The standard InChI is InChI=1S/C17H20N2O3/c20-16(15-8-13(17(21)22)1-2-18-15)19-9-12-4-10-3-11(5-12)7-14(19)6-10/h1-2,8,10-12,14H,3-7,9H2,(H,21,22). The molecule has 2 atom stereocenters. The van der Waals surface area contributed by atoms with Crippen LogP contribution in [0.15, 0.2) is 18.3 Å². The summed E-state index contributed by atoms with van der Waals surface area (Å²) in [5, 5.41) is 9.08. The number of hydrogen-bond donors (Lipinski definition) is 1. The highest BCUT2D eigenvalue weighted by atomic mass is 16.4. The quantitative estimate of drug-likeness (QED) is 0.910. The summed E-state index contributed by atoms with van der Waals surface area (Å²) in [6.07, 6.45) is 7.47. The second-order valence-electron chi connectivity index (χ2n) is 7.12. The van der Waals surface area contributed by atoms with E-state index in [0.29, 0.717) is 12.0 Å². The number of amides is 1. The van der Waals surface area contributed by atoms with Crippen LogP contribution < -0.4 is 0 Å². The number of carboxylic acid groups (broad SMARTS) is 1. The van der Waals surface area contributed by atoms with Gasteiger partial charge >= 0.3 is 5.97 Å². The summed E-state index contributed by atoms with van der Waals surface area (Å²) >= 11 is 0. The van der Waals surface area contributed by atoms with E-state index in [1.807, 2.05) is 4.90 Å². The van der Waals surface area contributed by atoms with Gasteiger partial charge in [-0.3, -0.25) is 9.78 Å². The highest BCUT2D eigenvalue weighted by Gasteiger charge is 2.44. The Balaban J connectivity index is 1.62. The van der Waals surface area contributed by atoms with Gasteiger partial charge in [0.25, 0.3) is 5.91 Å². The van der Waals surface area contributed by atoms with Crippen LogP contribution in [-0.4, -0.2) is 39.5 Å². The van der Waals surface area contributed by atoms with Gasteiger partial charge in [-0.1, -0.05) is 0 Å². The molecule has 2 aliphatic heterocycles. The van der Waals surface area contributed by atoms with Crippen molar-refractivity contribution in [2.24, 2.45) is 17.8 Å². The first-order valence-corrected chi connectivity index (χ1v) is 8.10. The number of aromatic carboxylic acids is 1. The molecule has 0 aromatic carbocycles. The van der Waals surface area contributed by atoms with Crippen molar-refractivity contribution < 1.29 is 14.7 Å². The van der Waals surface area contributed by atoms with Crippen molar-refractivity contribution in [1.29, 1.82) is 0 Å². The van der Waals surface area contributed by atoms with Crippen LogP contribution in [0.4, 0.5) is 0 Å². The Morgan fingerprint density at radius 1 is 1.09 bits per heavy atom. The maximum atomic E-state index is 12.9. The monoisotopic (exact) mass is 300 g/mol. The molecule has 1 amide bonds. The molecule has 2 aliphatic carbocycles. The Bertz CT molecular complexity index is 616. The Morgan fingerprint density at radius 3 is 2.45 bits per heavy atom. The number of carbonyl (C=O) groups excluding carboxylic acids is 1. The highest BCUT2D eigenvalue weighted by Crippen LogP contribution is 2.47. The fourth-order valence-corrected chi connectivity index (χ4v) is 4.86. The van der Waals surface area contributed by atoms with Gasteiger partial charge in [0.1, 0.15) is 5.69 Å². The predicted molar refractivity (Wildman–Crippen MR) is 79.6 cm³/mol. The number of rotatable bonds is 2. The lowest BCUT2D eigenvalue weighted by Crippen LogP contribution is -2.42. The molecule has 0 radical (unpaired) electrons. The number of aromatic nitrogens is 1. The van der Waals surface area contributed by atoms with Gasteiger partial charge < -0.3 is 10.0 Å². The van der Waals surface area contributed by atoms with Crippen LogP contribution >= 0.6 is 0 Å². The van der Waals surface area contributed by atoms with Crippen molar-refractivity contribution in [2.45, 2.75) is 38.1 Å². The van der Waals surface area contributed by atoms with Crippen LogP contribution in [0, 0.1) is 17.8 Å². The van der Waals surface area contributed by atoms with Crippen molar-refractivity contribution in [1.82, 2.24) is 9.88 Å². The van der Waals surface area contributed by atoms with Crippen molar-refractivity contribution >= 4 is 11.9 Å². The minimum atomic E-state index is -1.02. The molecular formula is C17H20N2O3. The molecule has 1 aromatic rings. The first-order chi connectivity index (χ1) is 10.6. The van der Waals surface area contributed by atoms with Crippen LogP contribution in [-0.2, 0) is 0 Å². The summed E-state index contributed by atoms with van der Waals surface area (Å²) in [6, 6.07) is 3.15. The molecule has 2 saturated heterocycles. The van der Waals surface area contributed by atoms with Gasteiger partial charge in [0, 0.05) is 18.8 Å². The summed E-state index contributed by atoms with van der Waals surface area (Å²) < 4.78 is 0. The molecule has 5 nitrogen and oxygen atoms in total. The molecule has 22 heavy (non-hydrogen) atoms. The molecule has 2 unspecified atom stereocenters. The van der Waals surface area contributed by atoms with E-state index in [1.54, 1.807) is 0 Å². The molecule has 4 bridgehead atoms. The molecule has 5 rings (SSSR count). The number of carboxylic acids is 1. The molecule has 5 heteroatoms. The number of nitrogens with zero attached hydrogens (tertiary/aromatic N) is 2. The van der Waals surface area contributed by atoms with E-state index in [2.05, 4.69) is 4.98 Å². The average Bonchev–Trinajstić information content (AvgIpc) is 2.70. The molecular weight excluding hydrogens is 280 g/mol. The minimum Gasteiger partial charge on any atom is -0.478 e. The lowest BCUT2D eigenvalue weighted by atomic mass is 9.68. The van der Waals surface area contributed by atoms with Crippen LogP contribution in [0.1, 0.15) is 53.0 Å². The van der Waals surface area contributed by atoms with Gasteiger partial charge in [0.2, 0.25) is 0 Å². The number of hydrogen-bond acceptors (Lipinski definition) is 3. The smallest absolute Gasteiger partial charge is 0.335 e. The first kappa shape index (κ1) is 13.7. The molecule has 116 valence electrons. The fourth-order valence-electron chi connectivity index (χ4n) is 4.86. The lowest BCUT2D eigenvalue weighted by molar-refractivity contribution is 0.0627. The van der Waals surface area contributed by atoms with E-state index in [9.17, 15) is 9.59 Å². The third-order valence-electron chi connectivity index (χ3n) is 5.59. The second-order valence-corrected chi connectivity index (χ2v) is 7.12. The van der Waals surface area contributed by atoms with Gasteiger partial charge in [0.05, 0.1) is 5.56 Å². The molecule has 4 fully saturated rings. The Morgan fingerprint density at radius 2 is 1.77 bits per heavy atom. The third-order valence-corrected chi connectivity index (χ3v) is 5.59. The molecule has 4 aliphatic rings. The van der Waals surface area contributed by atoms with Gasteiger partial charge in [-0.05, 0) is 62.0 Å². The number of pyridine rings is 1. The van der Waals surface area contributed by atoms with Gasteiger partial charge in [-0.25, -0.2) is 4.79 Å². The fraction of sp³-hybridized carbons (Fsp3) is 0.588. The zero-order chi connectivity index (χ0) is 15.3. The Hall–Kier alpha value is -1.91. The van der Waals surface area contributed by atoms with Gasteiger partial charge in [-0.15, -0.1) is 0 Å². The van der Waals surface area contributed by atoms with Crippen molar-refractivity contribution in [2.75, 3.05) is 6.54 Å². The zero-order valence-corrected chi connectivity index (χ0v) is 12.4. The summed E-state index contributed by atoms with van der Waals surface area (Å²) in [5.41, 5.74) is 0.389. The van der Waals surface area contributed by atoms with Gasteiger partial charge in [-0.2, -0.15) is 0 Å². The van der Waals surface area contributed by atoms with E-state index in [1.165, 1.54) is 37.6 Å². The second kappa shape index (κ2) is 5.07. The first-order valence-electron chi connectivity index (χ1n) is 8.10. The molecule has 2 saturated carbocycles.